The van der Waals surface area contributed by atoms with Gasteiger partial charge in [0.05, 0.1) is 30.5 Å². The van der Waals surface area contributed by atoms with Crippen LogP contribution in [0.4, 0.5) is 5.69 Å². The summed E-state index contributed by atoms with van der Waals surface area (Å²) in [5.74, 6) is 0.147. The van der Waals surface area contributed by atoms with Crippen LogP contribution in [0.15, 0.2) is 53.1 Å². The second-order valence-corrected chi connectivity index (χ2v) is 7.09. The van der Waals surface area contributed by atoms with Crippen molar-refractivity contribution in [2.75, 3.05) is 12.4 Å². The molecule has 4 rings (SSSR count). The largest absolute Gasteiger partial charge is 0.496 e. The summed E-state index contributed by atoms with van der Waals surface area (Å²) in [7, 11) is 1.55. The molecule has 3 amide bonds. The van der Waals surface area contributed by atoms with Crippen LogP contribution in [0.2, 0.25) is 0 Å². The Kier molecular flexibility index (Phi) is 6.11. The Morgan fingerprint density at radius 2 is 1.88 bits per heavy atom. The minimum Gasteiger partial charge on any atom is -0.496 e. The molecule has 0 aliphatic carbocycles. The number of carbonyl (C=O) groups excluding carboxylic acids is 3. The van der Waals surface area contributed by atoms with Gasteiger partial charge in [0.2, 0.25) is 23.5 Å². The van der Waals surface area contributed by atoms with Crippen molar-refractivity contribution in [3.63, 3.8) is 0 Å². The number of aromatic nitrogens is 2. The van der Waals surface area contributed by atoms with Crippen LogP contribution in [0.3, 0.4) is 0 Å². The van der Waals surface area contributed by atoms with Gasteiger partial charge in [-0.2, -0.15) is 4.98 Å². The predicted molar refractivity (Wildman–Crippen MR) is 114 cm³/mol. The molecule has 3 aromatic rings. The van der Waals surface area contributed by atoms with Crippen LogP contribution in [0.25, 0.3) is 11.4 Å². The molecule has 2 heterocycles. The maximum absolute atomic E-state index is 12.4. The number of hydrogen-bond donors (Lipinski definition) is 3. The van der Waals surface area contributed by atoms with E-state index in [9.17, 15) is 14.4 Å². The predicted octanol–water partition coefficient (Wildman–Crippen LogP) is 1.89. The summed E-state index contributed by atoms with van der Waals surface area (Å²) in [4.78, 5) is 41.3. The SMILES string of the molecule is COc1ccccc1-c1noc(CNC(=O)CCC2NC(=O)c3ccccc3NC2=O)n1. The highest BCUT2D eigenvalue weighted by atomic mass is 16.5. The summed E-state index contributed by atoms with van der Waals surface area (Å²) in [6, 6.07) is 13.2. The van der Waals surface area contributed by atoms with Crippen LogP contribution < -0.4 is 20.7 Å². The fourth-order valence-corrected chi connectivity index (χ4v) is 3.32. The Labute approximate surface area is 183 Å². The van der Waals surface area contributed by atoms with E-state index < -0.39 is 6.04 Å². The third-order valence-corrected chi connectivity index (χ3v) is 4.96. The lowest BCUT2D eigenvalue weighted by molar-refractivity contribution is -0.122. The number of hydrogen-bond acceptors (Lipinski definition) is 7. The molecular weight excluding hydrogens is 414 g/mol. The second-order valence-electron chi connectivity index (χ2n) is 7.09. The normalized spacial score (nSPS) is 15.2. The number of methoxy groups -OCH3 is 1. The summed E-state index contributed by atoms with van der Waals surface area (Å²) in [5.41, 5.74) is 1.51. The van der Waals surface area contributed by atoms with E-state index in [1.165, 1.54) is 0 Å². The van der Waals surface area contributed by atoms with Gasteiger partial charge in [-0.05, 0) is 30.7 Å². The van der Waals surface area contributed by atoms with Crippen molar-refractivity contribution in [2.24, 2.45) is 0 Å². The maximum Gasteiger partial charge on any atom is 0.254 e. The molecule has 1 aliphatic heterocycles. The summed E-state index contributed by atoms with van der Waals surface area (Å²) in [6.07, 6.45) is 0.176. The van der Waals surface area contributed by atoms with Crippen molar-refractivity contribution in [3.05, 3.63) is 60.0 Å². The number of fused-ring (bicyclic) bond motifs is 1. The van der Waals surface area contributed by atoms with E-state index in [0.29, 0.717) is 28.4 Å². The van der Waals surface area contributed by atoms with Crippen LogP contribution in [0.5, 0.6) is 5.75 Å². The van der Waals surface area contributed by atoms with E-state index in [0.717, 1.165) is 0 Å². The first-order valence-corrected chi connectivity index (χ1v) is 9.98. The molecule has 0 bridgehead atoms. The highest BCUT2D eigenvalue weighted by Gasteiger charge is 2.27. The lowest BCUT2D eigenvalue weighted by Gasteiger charge is -2.14. The molecule has 1 aromatic heterocycles. The highest BCUT2D eigenvalue weighted by molar-refractivity contribution is 6.09. The van der Waals surface area contributed by atoms with Crippen molar-refractivity contribution in [3.8, 4) is 17.1 Å². The number of rotatable bonds is 7. The molecule has 32 heavy (non-hydrogen) atoms. The number of anilines is 1. The summed E-state index contributed by atoms with van der Waals surface area (Å²) >= 11 is 0. The van der Waals surface area contributed by atoms with E-state index in [1.54, 1.807) is 43.5 Å². The van der Waals surface area contributed by atoms with E-state index in [4.69, 9.17) is 9.26 Å². The average molecular weight is 435 g/mol. The molecule has 0 saturated carbocycles. The van der Waals surface area contributed by atoms with Crippen LogP contribution >= 0.6 is 0 Å². The molecule has 1 aliphatic rings. The zero-order chi connectivity index (χ0) is 22.5. The summed E-state index contributed by atoms with van der Waals surface area (Å²) < 4.78 is 10.5. The molecule has 0 spiro atoms. The van der Waals surface area contributed by atoms with Gasteiger partial charge in [-0.1, -0.05) is 29.4 Å². The van der Waals surface area contributed by atoms with Gasteiger partial charge in [-0.25, -0.2) is 0 Å². The van der Waals surface area contributed by atoms with Crippen LogP contribution in [-0.4, -0.2) is 41.0 Å². The van der Waals surface area contributed by atoms with Gasteiger partial charge >= 0.3 is 0 Å². The monoisotopic (exact) mass is 435 g/mol. The molecular formula is C22H21N5O5. The molecule has 1 atom stereocenters. The third kappa shape index (κ3) is 4.59. The lowest BCUT2D eigenvalue weighted by atomic mass is 10.1. The first kappa shape index (κ1) is 21.0. The molecule has 10 heteroatoms. The van der Waals surface area contributed by atoms with E-state index in [-0.39, 0.29) is 43.0 Å². The van der Waals surface area contributed by atoms with E-state index >= 15 is 0 Å². The topological polar surface area (TPSA) is 135 Å². The number of para-hydroxylation sites is 2. The first-order valence-electron chi connectivity index (χ1n) is 9.98. The molecule has 0 fully saturated rings. The Hall–Kier alpha value is -4.21. The summed E-state index contributed by atoms with van der Waals surface area (Å²) in [6.45, 7) is 0.0373. The number of ether oxygens (including phenoxy) is 1. The Bertz CT molecular complexity index is 1160. The van der Waals surface area contributed by atoms with Gasteiger partial charge in [0, 0.05) is 6.42 Å². The standard InChI is InChI=1S/C22H21N5O5/c1-31-17-9-5-3-7-14(17)20-26-19(32-27-20)12-23-18(28)11-10-16-22(30)24-15-8-4-2-6-13(15)21(29)25-16/h2-9,16H,10-12H2,1H3,(H,23,28)(H,24,30)(H,25,29). The van der Waals surface area contributed by atoms with Crippen LogP contribution in [-0.2, 0) is 16.1 Å². The molecule has 164 valence electrons. The zero-order valence-electron chi connectivity index (χ0n) is 17.3. The number of carbonyl (C=O) groups is 3. The molecule has 2 aromatic carbocycles. The summed E-state index contributed by atoms with van der Waals surface area (Å²) in [5, 5.41) is 12.0. The quantitative estimate of drug-likeness (QED) is 0.516. The van der Waals surface area contributed by atoms with Gasteiger partial charge in [0.25, 0.3) is 5.91 Å². The Balaban J connectivity index is 1.30. The zero-order valence-corrected chi connectivity index (χ0v) is 17.3. The number of benzene rings is 2. The van der Waals surface area contributed by atoms with Crippen molar-refractivity contribution >= 4 is 23.4 Å². The first-order chi connectivity index (χ1) is 15.5. The van der Waals surface area contributed by atoms with Gasteiger partial charge in [0.15, 0.2) is 0 Å². The Morgan fingerprint density at radius 1 is 1.12 bits per heavy atom. The van der Waals surface area contributed by atoms with E-state index in [1.807, 2.05) is 12.1 Å². The minimum absolute atomic E-state index is 0.0300. The smallest absolute Gasteiger partial charge is 0.254 e. The van der Waals surface area contributed by atoms with Crippen molar-refractivity contribution in [2.45, 2.75) is 25.4 Å². The maximum atomic E-state index is 12.4. The fraction of sp³-hybridized carbons (Fsp3) is 0.227. The minimum atomic E-state index is -0.818. The van der Waals surface area contributed by atoms with Gasteiger partial charge in [-0.3, -0.25) is 14.4 Å². The third-order valence-electron chi connectivity index (χ3n) is 4.96. The molecule has 10 nitrogen and oxygen atoms in total. The van der Waals surface area contributed by atoms with Crippen LogP contribution in [0.1, 0.15) is 29.1 Å². The number of nitrogens with zero attached hydrogens (tertiary/aromatic N) is 2. The van der Waals surface area contributed by atoms with Crippen LogP contribution in [0, 0.1) is 0 Å². The molecule has 1 unspecified atom stereocenters. The highest BCUT2D eigenvalue weighted by Crippen LogP contribution is 2.27. The average Bonchev–Trinajstić information content (AvgIpc) is 3.24. The second kappa shape index (κ2) is 9.29. The molecule has 0 saturated heterocycles. The van der Waals surface area contributed by atoms with Crippen molar-refractivity contribution in [1.29, 1.82) is 0 Å². The number of nitrogens with one attached hydrogen (secondary N) is 3. The van der Waals surface area contributed by atoms with E-state index in [2.05, 4.69) is 26.1 Å². The van der Waals surface area contributed by atoms with Gasteiger partial charge < -0.3 is 25.2 Å². The van der Waals surface area contributed by atoms with Crippen molar-refractivity contribution < 1.29 is 23.6 Å². The lowest BCUT2D eigenvalue weighted by Crippen LogP contribution is -2.42. The number of amides is 3. The molecule has 0 radical (unpaired) electrons. The Morgan fingerprint density at radius 3 is 2.69 bits per heavy atom. The van der Waals surface area contributed by atoms with Gasteiger partial charge in [-0.15, -0.1) is 0 Å². The van der Waals surface area contributed by atoms with Gasteiger partial charge in [0.1, 0.15) is 11.8 Å². The van der Waals surface area contributed by atoms with Crippen molar-refractivity contribution in [1.82, 2.24) is 20.8 Å². The fourth-order valence-electron chi connectivity index (χ4n) is 3.32. The molecule has 3 N–H and O–H groups in total.